The molecule has 0 saturated heterocycles. The van der Waals surface area contributed by atoms with Crippen molar-refractivity contribution in [2.45, 2.75) is 37.8 Å². The second-order valence-electron chi connectivity index (χ2n) is 6.39. The molecule has 4 rings (SSSR count). The van der Waals surface area contributed by atoms with Crippen molar-refractivity contribution in [2.24, 2.45) is 0 Å². The van der Waals surface area contributed by atoms with Crippen LogP contribution in [-0.4, -0.2) is 15.7 Å². The molecule has 0 amide bonds. The Kier molecular flexibility index (Phi) is 4.69. The fourth-order valence-electron chi connectivity index (χ4n) is 3.54. The molecule has 0 bridgehead atoms. The summed E-state index contributed by atoms with van der Waals surface area (Å²) in [5.74, 6) is 0.0464. The monoisotopic (exact) mass is 422 g/mol. The Hall–Kier alpha value is -1.59. The van der Waals surface area contributed by atoms with Crippen LogP contribution in [0, 0.1) is 5.82 Å². The predicted molar refractivity (Wildman–Crippen MR) is 101 cm³/mol. The van der Waals surface area contributed by atoms with Gasteiger partial charge >= 0.3 is 0 Å². The molecule has 25 heavy (non-hydrogen) atoms. The first-order valence-corrected chi connectivity index (χ1v) is 9.51. The van der Waals surface area contributed by atoms with E-state index in [2.05, 4.69) is 31.7 Å². The zero-order valence-corrected chi connectivity index (χ0v) is 15.8. The molecule has 130 valence electrons. The lowest BCUT2D eigenvalue weighted by Crippen LogP contribution is -2.25. The number of aromatic nitrogens is 2. The summed E-state index contributed by atoms with van der Waals surface area (Å²) in [6.07, 6.45) is 7.72. The van der Waals surface area contributed by atoms with Crippen LogP contribution in [0.25, 0.3) is 10.9 Å². The van der Waals surface area contributed by atoms with Gasteiger partial charge in [0.05, 0.1) is 11.6 Å². The number of benzene rings is 1. The highest BCUT2D eigenvalue weighted by Gasteiger charge is 2.25. The van der Waals surface area contributed by atoms with Crippen LogP contribution < -0.4 is 4.74 Å². The van der Waals surface area contributed by atoms with Crippen LogP contribution in [0.15, 0.2) is 47.2 Å². The second-order valence-corrected chi connectivity index (χ2v) is 7.63. The van der Waals surface area contributed by atoms with Crippen molar-refractivity contribution in [3.05, 3.63) is 58.2 Å². The van der Waals surface area contributed by atoms with Gasteiger partial charge in [-0.25, -0.2) is 9.37 Å². The smallest absolute Gasteiger partial charge is 0.165 e. The molecule has 2 aromatic heterocycles. The van der Waals surface area contributed by atoms with E-state index in [1.54, 1.807) is 24.4 Å². The first kappa shape index (κ1) is 16.9. The maximum atomic E-state index is 13.7. The Morgan fingerprint density at radius 2 is 1.96 bits per heavy atom. The maximum Gasteiger partial charge on any atom is 0.165 e. The molecule has 1 saturated carbocycles. The first-order valence-electron chi connectivity index (χ1n) is 8.34. The van der Waals surface area contributed by atoms with Gasteiger partial charge in [0.25, 0.3) is 0 Å². The lowest BCUT2D eigenvalue weighted by molar-refractivity contribution is 0.129. The lowest BCUT2D eigenvalue weighted by Gasteiger charge is -2.30. The van der Waals surface area contributed by atoms with E-state index in [4.69, 9.17) is 16.3 Å². The third-order valence-corrected chi connectivity index (χ3v) is 5.64. The van der Waals surface area contributed by atoms with Crippen LogP contribution in [0.3, 0.4) is 0 Å². The summed E-state index contributed by atoms with van der Waals surface area (Å²) in [5.41, 5.74) is 1.09. The van der Waals surface area contributed by atoms with Gasteiger partial charge in [0.2, 0.25) is 0 Å². The predicted octanol–water partition coefficient (Wildman–Crippen LogP) is 6.15. The fourth-order valence-corrected chi connectivity index (χ4v) is 4.22. The van der Waals surface area contributed by atoms with Gasteiger partial charge in [0, 0.05) is 28.3 Å². The van der Waals surface area contributed by atoms with Crippen molar-refractivity contribution in [1.82, 2.24) is 9.55 Å². The summed E-state index contributed by atoms with van der Waals surface area (Å²) in [5, 5.41) is 1.56. The van der Waals surface area contributed by atoms with Gasteiger partial charge in [0.15, 0.2) is 11.6 Å². The van der Waals surface area contributed by atoms with E-state index < -0.39 is 0 Å². The van der Waals surface area contributed by atoms with E-state index in [0.29, 0.717) is 16.9 Å². The third-order valence-electron chi connectivity index (χ3n) is 4.80. The first-order chi connectivity index (χ1) is 12.1. The van der Waals surface area contributed by atoms with Gasteiger partial charge in [-0.15, -0.1) is 0 Å². The Balaban J connectivity index is 1.49. The van der Waals surface area contributed by atoms with E-state index in [9.17, 15) is 4.39 Å². The number of hydrogen-bond donors (Lipinski definition) is 0. The molecule has 1 fully saturated rings. The van der Waals surface area contributed by atoms with Crippen molar-refractivity contribution in [3.8, 4) is 5.75 Å². The van der Waals surface area contributed by atoms with E-state index in [1.807, 2.05) is 6.07 Å². The van der Waals surface area contributed by atoms with E-state index in [1.165, 1.54) is 6.07 Å². The highest BCUT2D eigenvalue weighted by atomic mass is 79.9. The van der Waals surface area contributed by atoms with Gasteiger partial charge in [0.1, 0.15) is 5.15 Å². The molecule has 1 aromatic carbocycles. The van der Waals surface area contributed by atoms with E-state index in [-0.39, 0.29) is 11.9 Å². The second kappa shape index (κ2) is 6.96. The number of nitrogens with zero attached hydrogens (tertiary/aromatic N) is 2. The van der Waals surface area contributed by atoms with Gasteiger partial charge in [-0.3, -0.25) is 0 Å². The summed E-state index contributed by atoms with van der Waals surface area (Å²) in [6.45, 7) is 0. The zero-order valence-electron chi connectivity index (χ0n) is 13.5. The highest BCUT2D eigenvalue weighted by molar-refractivity contribution is 9.10. The summed E-state index contributed by atoms with van der Waals surface area (Å²) < 4.78 is 22.9. The van der Waals surface area contributed by atoms with E-state index in [0.717, 1.165) is 41.1 Å². The number of hydrogen-bond acceptors (Lipinski definition) is 2. The number of ether oxygens (including phenoxy) is 1. The Morgan fingerprint density at radius 1 is 1.20 bits per heavy atom. The van der Waals surface area contributed by atoms with Crippen molar-refractivity contribution < 1.29 is 9.13 Å². The summed E-state index contributed by atoms with van der Waals surface area (Å²) in [7, 11) is 0. The lowest BCUT2D eigenvalue weighted by atomic mass is 9.92. The van der Waals surface area contributed by atoms with Crippen LogP contribution in [0.2, 0.25) is 5.15 Å². The minimum atomic E-state index is -0.299. The number of pyridine rings is 1. The zero-order chi connectivity index (χ0) is 17.4. The van der Waals surface area contributed by atoms with Gasteiger partial charge in [-0.05, 0) is 59.8 Å². The van der Waals surface area contributed by atoms with Crippen LogP contribution >= 0.6 is 27.5 Å². The standard InChI is InChI=1S/C19H17BrClFN2O/c20-15-11-24(17-9-19(21)23-10-14(15)17)12-5-7-13(8-6-12)25-18-4-2-1-3-16(18)22/h1-4,9-13H,5-8H2. The topological polar surface area (TPSA) is 27.1 Å². The van der Waals surface area contributed by atoms with Gasteiger partial charge < -0.3 is 9.30 Å². The molecule has 0 N–H and O–H groups in total. The van der Waals surface area contributed by atoms with Crippen molar-refractivity contribution >= 4 is 38.4 Å². The fraction of sp³-hybridized carbons (Fsp3) is 0.316. The van der Waals surface area contributed by atoms with E-state index >= 15 is 0 Å². The van der Waals surface area contributed by atoms with Crippen LogP contribution in [0.1, 0.15) is 31.7 Å². The highest BCUT2D eigenvalue weighted by Crippen LogP contribution is 2.36. The molecule has 6 heteroatoms. The molecule has 1 aliphatic carbocycles. The summed E-state index contributed by atoms with van der Waals surface area (Å²) >= 11 is 9.67. The Morgan fingerprint density at radius 3 is 2.72 bits per heavy atom. The molecule has 2 heterocycles. The normalized spacial score (nSPS) is 20.8. The van der Waals surface area contributed by atoms with Crippen LogP contribution in [0.4, 0.5) is 4.39 Å². The maximum absolute atomic E-state index is 13.7. The van der Waals surface area contributed by atoms with Gasteiger partial charge in [-0.2, -0.15) is 0 Å². The number of fused-ring (bicyclic) bond motifs is 1. The quantitative estimate of drug-likeness (QED) is 0.472. The molecule has 0 aliphatic heterocycles. The SMILES string of the molecule is Fc1ccccc1OC1CCC(n2cc(Br)c3cnc(Cl)cc32)CC1. The average molecular weight is 424 g/mol. The minimum Gasteiger partial charge on any atom is -0.487 e. The average Bonchev–Trinajstić information content (AvgIpc) is 2.94. The molecule has 0 radical (unpaired) electrons. The molecular formula is C19H17BrClFN2O. The van der Waals surface area contributed by atoms with Crippen molar-refractivity contribution in [1.29, 1.82) is 0 Å². The molecule has 0 atom stereocenters. The minimum absolute atomic E-state index is 0.0590. The molecule has 0 unspecified atom stereocenters. The molecule has 0 spiro atoms. The van der Waals surface area contributed by atoms with Crippen LogP contribution in [0.5, 0.6) is 5.75 Å². The summed E-state index contributed by atoms with van der Waals surface area (Å²) in [6, 6.07) is 8.88. The van der Waals surface area contributed by atoms with Crippen molar-refractivity contribution in [3.63, 3.8) is 0 Å². The Bertz CT molecular complexity index is 906. The molecular weight excluding hydrogens is 407 g/mol. The van der Waals surface area contributed by atoms with Crippen LogP contribution in [-0.2, 0) is 0 Å². The number of rotatable bonds is 3. The largest absolute Gasteiger partial charge is 0.487 e. The van der Waals surface area contributed by atoms with Crippen molar-refractivity contribution in [2.75, 3.05) is 0 Å². The number of halogens is 3. The molecule has 1 aliphatic rings. The molecule has 3 aromatic rings. The number of para-hydroxylation sites is 1. The molecule has 3 nitrogen and oxygen atoms in total. The Labute approximate surface area is 158 Å². The third kappa shape index (κ3) is 3.40. The van der Waals surface area contributed by atoms with Gasteiger partial charge in [-0.1, -0.05) is 23.7 Å². The summed E-state index contributed by atoms with van der Waals surface area (Å²) in [4.78, 5) is 4.16.